The third-order valence-electron chi connectivity index (χ3n) is 8.27. The maximum Gasteiger partial charge on any atom is 0.323 e. The van der Waals surface area contributed by atoms with Gasteiger partial charge in [-0.2, -0.15) is 15.0 Å². The number of aromatic hydroxyl groups is 1. The smallest absolute Gasteiger partial charge is 0.323 e. The Labute approximate surface area is 313 Å². The third kappa shape index (κ3) is 10.9. The monoisotopic (exact) mass is 759 g/mol. The lowest BCUT2D eigenvalue weighted by Crippen LogP contribution is -2.46. The molecule has 15 nitrogen and oxygen atoms in total. The van der Waals surface area contributed by atoms with Gasteiger partial charge in [0.25, 0.3) is 6.01 Å². The molecule has 0 saturated heterocycles. The molecule has 0 radical (unpaired) electrons. The SMILES string of the molecule is CCOC(=O)C(Cc1ccccc1)NP(=O)(Cc1cccc(Cn2c(O)nc3c(N)nc(OCCOC)nc32)c1)NC(Cc1ccccc1)C(=O)OCC. The van der Waals surface area contributed by atoms with E-state index in [0.29, 0.717) is 17.7 Å². The van der Waals surface area contributed by atoms with Gasteiger partial charge in [-0.25, -0.2) is 10.2 Å². The summed E-state index contributed by atoms with van der Waals surface area (Å²) in [5.41, 5.74) is 9.55. The molecule has 0 bridgehead atoms. The number of methoxy groups -OCH3 is 1. The van der Waals surface area contributed by atoms with Crippen LogP contribution in [0.3, 0.4) is 0 Å². The number of aromatic nitrogens is 4. The number of rotatable bonds is 20. The number of nitrogens with one attached hydrogen (secondary N) is 2. The normalized spacial score (nSPS) is 13.5. The Kier molecular flexibility index (Phi) is 14.1. The molecular formula is C38H46N7O8P. The Hall–Kier alpha value is -5.34. The number of carbonyl (C=O) groups excluding carboxylic acids is 2. The van der Waals surface area contributed by atoms with E-state index in [9.17, 15) is 14.7 Å². The standard InChI is InChI=1S/C38H46N7O8P/c1-4-51-35(46)30(22-26-13-8-6-9-14-26)43-54(49,44-31(36(47)52-5-2)23-27-15-10-7-11-16-27)25-29-18-12-17-28(21-29)24-45-34-32(40-38(45)48)33(39)41-37(42-34)53-20-19-50-3/h6-18,21,30-31H,4-5,19-20,22-25H2,1-3H3,(H,40,48)(H2,39,41,42)(H2,43,44,49). The first-order valence-corrected chi connectivity index (χ1v) is 19.5. The highest BCUT2D eigenvalue weighted by Crippen LogP contribution is 2.43. The van der Waals surface area contributed by atoms with Crippen LogP contribution in [-0.4, -0.2) is 82.2 Å². The molecule has 0 aliphatic carbocycles. The maximum absolute atomic E-state index is 15.3. The van der Waals surface area contributed by atoms with Crippen molar-refractivity contribution in [2.45, 2.75) is 51.5 Å². The largest absolute Gasteiger partial charge is 0.480 e. The molecule has 3 aromatic carbocycles. The molecule has 0 spiro atoms. The number of fused-ring (bicyclic) bond motifs is 1. The molecule has 54 heavy (non-hydrogen) atoms. The van der Waals surface area contributed by atoms with Gasteiger partial charge in [-0.3, -0.25) is 18.7 Å². The molecule has 5 N–H and O–H groups in total. The molecule has 0 amide bonds. The van der Waals surface area contributed by atoms with E-state index in [1.807, 2.05) is 72.8 Å². The molecular weight excluding hydrogens is 713 g/mol. The third-order valence-corrected chi connectivity index (χ3v) is 10.5. The fourth-order valence-electron chi connectivity index (χ4n) is 5.86. The van der Waals surface area contributed by atoms with E-state index >= 15 is 4.57 Å². The average molecular weight is 760 g/mol. The molecule has 5 rings (SSSR count). The van der Waals surface area contributed by atoms with Crippen LogP contribution < -0.4 is 20.6 Å². The van der Waals surface area contributed by atoms with E-state index in [0.717, 1.165) is 11.1 Å². The Morgan fingerprint density at radius 3 is 1.91 bits per heavy atom. The van der Waals surface area contributed by atoms with Crippen molar-refractivity contribution in [3.63, 3.8) is 0 Å². The zero-order chi connectivity index (χ0) is 38.5. The molecule has 0 saturated carbocycles. The van der Waals surface area contributed by atoms with Crippen LogP contribution in [0.5, 0.6) is 12.0 Å². The van der Waals surface area contributed by atoms with E-state index in [1.165, 1.54) is 4.57 Å². The summed E-state index contributed by atoms with van der Waals surface area (Å²) < 4.78 is 38.2. The Bertz CT molecular complexity index is 1980. The van der Waals surface area contributed by atoms with Gasteiger partial charge in [0.1, 0.15) is 18.7 Å². The number of nitrogens with zero attached hydrogens (tertiary/aromatic N) is 4. The number of esters is 2. The molecule has 5 aromatic rings. The second-order valence-electron chi connectivity index (χ2n) is 12.4. The molecule has 16 heteroatoms. The molecule has 2 atom stereocenters. The summed E-state index contributed by atoms with van der Waals surface area (Å²) in [4.78, 5) is 39.5. The lowest BCUT2D eigenvalue weighted by atomic mass is 10.1. The van der Waals surface area contributed by atoms with Gasteiger partial charge in [-0.1, -0.05) is 84.9 Å². The molecule has 0 aliphatic rings. The number of ether oxygens (including phenoxy) is 4. The van der Waals surface area contributed by atoms with E-state index in [-0.39, 0.29) is 74.4 Å². The van der Waals surface area contributed by atoms with Crippen LogP contribution in [0.4, 0.5) is 5.82 Å². The van der Waals surface area contributed by atoms with Gasteiger partial charge >= 0.3 is 17.9 Å². The number of benzene rings is 3. The van der Waals surface area contributed by atoms with Crippen LogP contribution in [0.2, 0.25) is 0 Å². The van der Waals surface area contributed by atoms with Crippen molar-refractivity contribution in [3.05, 3.63) is 107 Å². The first-order chi connectivity index (χ1) is 26.1. The fraction of sp³-hybridized carbons (Fsp3) is 0.342. The van der Waals surface area contributed by atoms with Gasteiger partial charge in [-0.05, 0) is 48.9 Å². The van der Waals surface area contributed by atoms with Gasteiger partial charge in [0.15, 0.2) is 17.0 Å². The van der Waals surface area contributed by atoms with Crippen molar-refractivity contribution in [1.29, 1.82) is 0 Å². The summed E-state index contributed by atoms with van der Waals surface area (Å²) in [5, 5.41) is 17.0. The van der Waals surface area contributed by atoms with Crippen LogP contribution in [0.15, 0.2) is 84.9 Å². The van der Waals surface area contributed by atoms with Gasteiger partial charge in [0.2, 0.25) is 7.44 Å². The molecule has 0 fully saturated rings. The minimum absolute atomic E-state index is 0.00310. The number of nitrogens with two attached hydrogens (primary N) is 1. The van der Waals surface area contributed by atoms with Crippen LogP contribution >= 0.6 is 7.44 Å². The number of carbonyl (C=O) groups is 2. The summed E-state index contributed by atoms with van der Waals surface area (Å²) in [6, 6.07) is 23.5. The first-order valence-electron chi connectivity index (χ1n) is 17.6. The number of imidazole rings is 1. The van der Waals surface area contributed by atoms with Crippen molar-refractivity contribution >= 4 is 36.4 Å². The molecule has 2 heterocycles. The van der Waals surface area contributed by atoms with Gasteiger partial charge in [0, 0.05) is 7.11 Å². The molecule has 2 aromatic heterocycles. The van der Waals surface area contributed by atoms with E-state index in [1.54, 1.807) is 33.1 Å². The minimum atomic E-state index is -3.88. The van der Waals surface area contributed by atoms with Crippen LogP contribution in [-0.2, 0) is 53.9 Å². The topological polar surface area (TPSA) is 202 Å². The average Bonchev–Trinajstić information content (AvgIpc) is 3.47. The highest BCUT2D eigenvalue weighted by molar-refractivity contribution is 7.59. The van der Waals surface area contributed by atoms with Gasteiger partial charge in [-0.15, -0.1) is 0 Å². The van der Waals surface area contributed by atoms with E-state index in [4.69, 9.17) is 24.7 Å². The van der Waals surface area contributed by atoms with Crippen molar-refractivity contribution < 1.29 is 38.2 Å². The van der Waals surface area contributed by atoms with Crippen molar-refractivity contribution in [1.82, 2.24) is 29.7 Å². The highest BCUT2D eigenvalue weighted by Gasteiger charge is 2.36. The van der Waals surface area contributed by atoms with Crippen molar-refractivity contribution in [2.75, 3.05) is 39.3 Å². The van der Waals surface area contributed by atoms with E-state index in [2.05, 4.69) is 25.1 Å². The predicted molar refractivity (Wildman–Crippen MR) is 203 cm³/mol. The fourth-order valence-corrected chi connectivity index (χ4v) is 8.23. The Morgan fingerprint density at radius 1 is 0.796 bits per heavy atom. The summed E-state index contributed by atoms with van der Waals surface area (Å²) in [5.74, 6) is -1.13. The van der Waals surface area contributed by atoms with Crippen molar-refractivity contribution in [3.8, 4) is 12.0 Å². The van der Waals surface area contributed by atoms with Crippen molar-refractivity contribution in [2.24, 2.45) is 0 Å². The molecule has 0 aliphatic heterocycles. The quantitative estimate of drug-likeness (QED) is 0.0494. The lowest BCUT2D eigenvalue weighted by Gasteiger charge is -2.29. The van der Waals surface area contributed by atoms with Crippen LogP contribution in [0, 0.1) is 0 Å². The summed E-state index contributed by atoms with van der Waals surface area (Å²) >= 11 is 0. The van der Waals surface area contributed by atoms with Crippen LogP contribution in [0.1, 0.15) is 36.1 Å². The highest BCUT2D eigenvalue weighted by atomic mass is 31.2. The first kappa shape index (κ1) is 39.9. The number of nitrogen functional groups attached to an aromatic ring is 1. The second-order valence-corrected chi connectivity index (χ2v) is 14.7. The summed E-state index contributed by atoms with van der Waals surface area (Å²) in [7, 11) is -2.34. The Balaban J connectivity index is 1.49. The lowest BCUT2D eigenvalue weighted by molar-refractivity contribution is -0.145. The Morgan fingerprint density at radius 2 is 1.35 bits per heavy atom. The van der Waals surface area contributed by atoms with E-state index < -0.39 is 31.5 Å². The molecule has 286 valence electrons. The predicted octanol–water partition coefficient (Wildman–Crippen LogP) is 4.41. The summed E-state index contributed by atoms with van der Waals surface area (Å²) in [6.07, 6.45) is 0.256. The molecule has 2 unspecified atom stereocenters. The maximum atomic E-state index is 15.3. The minimum Gasteiger partial charge on any atom is -0.480 e. The van der Waals surface area contributed by atoms with Crippen LogP contribution in [0.25, 0.3) is 11.2 Å². The van der Waals surface area contributed by atoms with Gasteiger partial charge in [0.05, 0.1) is 32.5 Å². The number of hydrogen-bond acceptors (Lipinski definition) is 12. The zero-order valence-corrected chi connectivity index (χ0v) is 31.4. The number of hydrogen-bond donors (Lipinski definition) is 4. The number of anilines is 1. The second kappa shape index (κ2) is 19.1. The zero-order valence-electron chi connectivity index (χ0n) is 30.5. The van der Waals surface area contributed by atoms with Gasteiger partial charge < -0.3 is 29.8 Å². The summed E-state index contributed by atoms with van der Waals surface area (Å²) in [6.45, 7) is 4.26.